The summed E-state index contributed by atoms with van der Waals surface area (Å²) in [7, 11) is 0. The van der Waals surface area contributed by atoms with Crippen LogP contribution in [0.25, 0.3) is 10.2 Å². The van der Waals surface area contributed by atoms with Gasteiger partial charge in [-0.1, -0.05) is 18.3 Å². The number of amides is 1. The molecule has 22 heavy (non-hydrogen) atoms. The van der Waals surface area contributed by atoms with E-state index < -0.39 is 5.91 Å². The van der Waals surface area contributed by atoms with Crippen LogP contribution in [0, 0.1) is 0 Å². The van der Waals surface area contributed by atoms with Crippen molar-refractivity contribution in [1.29, 1.82) is 0 Å². The quantitative estimate of drug-likeness (QED) is 0.793. The molecule has 1 N–H and O–H groups in total. The van der Waals surface area contributed by atoms with Crippen molar-refractivity contribution in [2.45, 2.75) is 26.7 Å². The van der Waals surface area contributed by atoms with Crippen molar-refractivity contribution in [2.75, 3.05) is 18.5 Å². The molecule has 0 saturated heterocycles. The molecule has 6 nitrogen and oxygen atoms in total. The molecule has 1 heterocycles. The van der Waals surface area contributed by atoms with E-state index in [0.717, 1.165) is 16.0 Å². The summed E-state index contributed by atoms with van der Waals surface area (Å²) in [5.41, 5.74) is 0.784. The van der Waals surface area contributed by atoms with Crippen LogP contribution in [-0.2, 0) is 14.3 Å². The molecule has 0 unspecified atom stereocenters. The average molecular weight is 322 g/mol. The van der Waals surface area contributed by atoms with Gasteiger partial charge < -0.3 is 9.47 Å². The molecule has 0 spiro atoms. The van der Waals surface area contributed by atoms with E-state index in [2.05, 4.69) is 10.3 Å². The molecule has 0 aliphatic carbocycles. The zero-order valence-corrected chi connectivity index (χ0v) is 13.4. The summed E-state index contributed by atoms with van der Waals surface area (Å²) >= 11 is 1.35. The molecule has 2 aromatic rings. The van der Waals surface area contributed by atoms with E-state index in [4.69, 9.17) is 9.47 Å². The summed E-state index contributed by atoms with van der Waals surface area (Å²) < 4.78 is 11.2. The van der Waals surface area contributed by atoms with Gasteiger partial charge in [-0.05, 0) is 31.5 Å². The van der Waals surface area contributed by atoms with Crippen LogP contribution in [0.15, 0.2) is 18.2 Å². The molecule has 0 atom stereocenters. The molecule has 0 saturated carbocycles. The second-order valence-corrected chi connectivity index (χ2v) is 5.57. The number of carbonyl (C=O) groups is 2. The average Bonchev–Trinajstić information content (AvgIpc) is 2.87. The third kappa shape index (κ3) is 4.42. The summed E-state index contributed by atoms with van der Waals surface area (Å²) in [6.07, 6.45) is 1.01. The van der Waals surface area contributed by atoms with E-state index in [9.17, 15) is 9.59 Å². The number of nitrogens with zero attached hydrogens (tertiary/aromatic N) is 1. The molecule has 0 aliphatic rings. The Morgan fingerprint density at radius 2 is 2.14 bits per heavy atom. The standard InChI is InChI=1S/C15H18N2O4S/c1-3-5-14(19)21-9-13(18)17-15-16-11-7-6-10(20-4-2)8-12(11)22-15/h6-8H,3-5,9H2,1-2H3,(H,16,17,18). The van der Waals surface area contributed by atoms with E-state index in [-0.39, 0.29) is 12.6 Å². The molecular formula is C15H18N2O4S. The van der Waals surface area contributed by atoms with Crippen molar-refractivity contribution in [2.24, 2.45) is 0 Å². The summed E-state index contributed by atoms with van der Waals surface area (Å²) in [6, 6.07) is 5.56. The number of carbonyl (C=O) groups excluding carboxylic acids is 2. The van der Waals surface area contributed by atoms with Gasteiger partial charge in [-0.25, -0.2) is 4.98 Å². The second-order valence-electron chi connectivity index (χ2n) is 4.54. The van der Waals surface area contributed by atoms with Gasteiger partial charge in [0.05, 0.1) is 16.8 Å². The minimum Gasteiger partial charge on any atom is -0.494 e. The Kier molecular flexibility index (Phi) is 5.71. The first-order valence-corrected chi connectivity index (χ1v) is 7.93. The maximum absolute atomic E-state index is 11.7. The number of esters is 1. The first kappa shape index (κ1) is 16.2. The lowest BCUT2D eigenvalue weighted by Gasteiger charge is -2.03. The third-order valence-corrected chi connectivity index (χ3v) is 3.67. The molecule has 7 heteroatoms. The highest BCUT2D eigenvalue weighted by atomic mass is 32.1. The normalized spacial score (nSPS) is 10.5. The maximum Gasteiger partial charge on any atom is 0.306 e. The van der Waals surface area contributed by atoms with Crippen molar-refractivity contribution in [3.05, 3.63) is 18.2 Å². The smallest absolute Gasteiger partial charge is 0.306 e. The highest BCUT2D eigenvalue weighted by Gasteiger charge is 2.10. The van der Waals surface area contributed by atoms with Gasteiger partial charge in [0, 0.05) is 6.42 Å². The summed E-state index contributed by atoms with van der Waals surface area (Å²) in [5.74, 6) is 0.00173. The van der Waals surface area contributed by atoms with Gasteiger partial charge in [-0.2, -0.15) is 0 Å². The molecule has 0 bridgehead atoms. The zero-order valence-electron chi connectivity index (χ0n) is 12.5. The van der Waals surface area contributed by atoms with Crippen LogP contribution < -0.4 is 10.1 Å². The minimum absolute atomic E-state index is 0.293. The first-order valence-electron chi connectivity index (χ1n) is 7.11. The van der Waals surface area contributed by atoms with Crippen LogP contribution in [0.3, 0.4) is 0 Å². The fourth-order valence-electron chi connectivity index (χ4n) is 1.79. The van der Waals surface area contributed by atoms with Crippen LogP contribution >= 0.6 is 11.3 Å². The number of ether oxygens (including phenoxy) is 2. The highest BCUT2D eigenvalue weighted by Crippen LogP contribution is 2.29. The van der Waals surface area contributed by atoms with Crippen molar-refractivity contribution in [3.8, 4) is 5.75 Å². The number of anilines is 1. The van der Waals surface area contributed by atoms with E-state index in [1.54, 1.807) is 0 Å². The van der Waals surface area contributed by atoms with Gasteiger partial charge >= 0.3 is 5.97 Å². The Hall–Kier alpha value is -2.15. The molecule has 1 amide bonds. The number of aromatic nitrogens is 1. The number of fused-ring (bicyclic) bond motifs is 1. The predicted molar refractivity (Wildman–Crippen MR) is 85.3 cm³/mol. The maximum atomic E-state index is 11.7. The van der Waals surface area contributed by atoms with Gasteiger partial charge in [-0.3, -0.25) is 14.9 Å². The van der Waals surface area contributed by atoms with Gasteiger partial charge in [-0.15, -0.1) is 0 Å². The Labute approximate surface area is 132 Å². The number of benzene rings is 1. The van der Waals surface area contributed by atoms with Crippen LogP contribution in [0.5, 0.6) is 5.75 Å². The molecular weight excluding hydrogens is 304 g/mol. The topological polar surface area (TPSA) is 77.5 Å². The van der Waals surface area contributed by atoms with E-state index in [0.29, 0.717) is 24.6 Å². The molecule has 0 radical (unpaired) electrons. The third-order valence-electron chi connectivity index (χ3n) is 2.74. The first-order chi connectivity index (χ1) is 10.6. The van der Waals surface area contributed by atoms with E-state index >= 15 is 0 Å². The minimum atomic E-state index is -0.395. The van der Waals surface area contributed by atoms with Gasteiger partial charge in [0.2, 0.25) is 0 Å². The van der Waals surface area contributed by atoms with Crippen molar-refractivity contribution in [1.82, 2.24) is 4.98 Å². The fourth-order valence-corrected chi connectivity index (χ4v) is 2.70. The number of hydrogen-bond acceptors (Lipinski definition) is 6. The zero-order chi connectivity index (χ0) is 15.9. The molecule has 118 valence electrons. The number of hydrogen-bond donors (Lipinski definition) is 1. The molecule has 0 fully saturated rings. The lowest BCUT2D eigenvalue weighted by molar-refractivity contribution is -0.147. The van der Waals surface area contributed by atoms with E-state index in [1.807, 2.05) is 32.0 Å². The van der Waals surface area contributed by atoms with Crippen molar-refractivity contribution in [3.63, 3.8) is 0 Å². The largest absolute Gasteiger partial charge is 0.494 e. The number of thiazole rings is 1. The lowest BCUT2D eigenvalue weighted by Crippen LogP contribution is -2.20. The van der Waals surface area contributed by atoms with Crippen molar-refractivity contribution < 1.29 is 19.1 Å². The van der Waals surface area contributed by atoms with Gasteiger partial charge in [0.1, 0.15) is 5.75 Å². The molecule has 2 rings (SSSR count). The summed E-state index contributed by atoms with van der Waals surface area (Å²) in [6.45, 7) is 4.09. The number of rotatable bonds is 7. The SMILES string of the molecule is CCCC(=O)OCC(=O)Nc1nc2ccc(OCC)cc2s1. The Morgan fingerprint density at radius 1 is 1.32 bits per heavy atom. The Balaban J connectivity index is 1.96. The Bertz CT molecular complexity index is 669. The highest BCUT2D eigenvalue weighted by molar-refractivity contribution is 7.22. The van der Waals surface area contributed by atoms with Crippen LogP contribution in [0.1, 0.15) is 26.7 Å². The Morgan fingerprint density at radius 3 is 2.86 bits per heavy atom. The fraction of sp³-hybridized carbons (Fsp3) is 0.400. The molecule has 0 aliphatic heterocycles. The molecule has 1 aromatic heterocycles. The van der Waals surface area contributed by atoms with E-state index in [1.165, 1.54) is 11.3 Å². The number of nitrogens with one attached hydrogen (secondary N) is 1. The van der Waals surface area contributed by atoms with Crippen molar-refractivity contribution >= 4 is 38.6 Å². The van der Waals surface area contributed by atoms with Crippen LogP contribution in [-0.4, -0.2) is 30.1 Å². The summed E-state index contributed by atoms with van der Waals surface area (Å²) in [5, 5.41) is 3.10. The lowest BCUT2D eigenvalue weighted by atomic mass is 10.3. The monoisotopic (exact) mass is 322 g/mol. The van der Waals surface area contributed by atoms with Crippen LogP contribution in [0.4, 0.5) is 5.13 Å². The second kappa shape index (κ2) is 7.74. The summed E-state index contributed by atoms with van der Waals surface area (Å²) in [4.78, 5) is 27.2. The predicted octanol–water partition coefficient (Wildman–Crippen LogP) is 2.98. The molecule has 1 aromatic carbocycles. The van der Waals surface area contributed by atoms with Gasteiger partial charge in [0.25, 0.3) is 5.91 Å². The van der Waals surface area contributed by atoms with Crippen LogP contribution in [0.2, 0.25) is 0 Å². The van der Waals surface area contributed by atoms with Gasteiger partial charge in [0.15, 0.2) is 11.7 Å².